The number of rotatable bonds is 4. The average molecular weight is 467 g/mol. The molecule has 1 unspecified atom stereocenters. The Bertz CT molecular complexity index is 824. The molecule has 32 heavy (non-hydrogen) atoms. The number of carbonyl (C=O) groups is 2. The molecule has 8 heteroatoms. The van der Waals surface area contributed by atoms with Gasteiger partial charge in [-0.2, -0.15) is 0 Å². The van der Waals surface area contributed by atoms with Crippen LogP contribution in [0, 0.1) is 0 Å². The van der Waals surface area contributed by atoms with Crippen molar-refractivity contribution in [2.24, 2.45) is 0 Å². The van der Waals surface area contributed by atoms with E-state index in [0.717, 1.165) is 19.3 Å². The number of nitrogens with zero attached hydrogens (tertiary/aromatic N) is 1. The molecule has 7 nitrogen and oxygen atoms in total. The number of aliphatic hydroxyl groups is 1. The van der Waals surface area contributed by atoms with E-state index in [1.165, 1.54) is 6.07 Å². The lowest BCUT2D eigenvalue weighted by molar-refractivity contribution is -0.143. The lowest BCUT2D eigenvalue weighted by Gasteiger charge is -2.42. The van der Waals surface area contributed by atoms with Gasteiger partial charge in [-0.3, -0.25) is 4.79 Å². The number of likely N-dealkylation sites (tertiary alicyclic amines) is 1. The van der Waals surface area contributed by atoms with Gasteiger partial charge < -0.3 is 25.2 Å². The van der Waals surface area contributed by atoms with Crippen LogP contribution in [0.3, 0.4) is 0 Å². The third-order valence-corrected chi connectivity index (χ3v) is 6.62. The second-order valence-electron chi connectivity index (χ2n) is 10.1. The van der Waals surface area contributed by atoms with Crippen LogP contribution in [0.1, 0.15) is 77.2 Å². The highest BCUT2D eigenvalue weighted by atomic mass is 35.5. The van der Waals surface area contributed by atoms with Crippen LogP contribution in [-0.2, 0) is 9.53 Å². The fraction of sp³-hybridized carbons (Fsp3) is 0.667. The van der Waals surface area contributed by atoms with E-state index in [9.17, 15) is 19.8 Å². The van der Waals surface area contributed by atoms with Gasteiger partial charge in [0.1, 0.15) is 11.9 Å². The van der Waals surface area contributed by atoms with Crippen molar-refractivity contribution < 1.29 is 24.5 Å². The summed E-state index contributed by atoms with van der Waals surface area (Å²) in [6.07, 6.45) is 4.27. The molecule has 3 N–H and O–H groups in total. The molecule has 3 rings (SSSR count). The Hall–Kier alpha value is -1.99. The standard InChI is InChI=1S/C24H35ClN2O5/c1-23(2,3)26-22(30)32-17-9-13-27(14-10-17)21(29)20(24(31)11-5-4-6-12-24)16-7-8-19(28)18(25)15-16/h7-8,15,17,20,28,31H,4-6,9-14H2,1-3H3,(H,26,30). The lowest BCUT2D eigenvalue weighted by atomic mass is 9.72. The number of amides is 2. The van der Waals surface area contributed by atoms with Crippen molar-refractivity contribution in [1.82, 2.24) is 10.2 Å². The summed E-state index contributed by atoms with van der Waals surface area (Å²) < 4.78 is 5.52. The van der Waals surface area contributed by atoms with Crippen LogP contribution in [0.5, 0.6) is 5.75 Å². The SMILES string of the molecule is CC(C)(C)NC(=O)OC1CCN(C(=O)C(c2ccc(O)c(Cl)c2)C2(O)CCCCC2)CC1. The Labute approximate surface area is 195 Å². The second-order valence-corrected chi connectivity index (χ2v) is 10.5. The van der Waals surface area contributed by atoms with Gasteiger partial charge in [0.05, 0.1) is 16.5 Å². The van der Waals surface area contributed by atoms with Gasteiger partial charge >= 0.3 is 6.09 Å². The molecular weight excluding hydrogens is 432 g/mol. The Balaban J connectivity index is 1.72. The number of hydrogen-bond acceptors (Lipinski definition) is 5. The first-order valence-electron chi connectivity index (χ1n) is 11.5. The van der Waals surface area contributed by atoms with Gasteiger partial charge in [0.15, 0.2) is 0 Å². The highest BCUT2D eigenvalue weighted by Gasteiger charge is 2.45. The molecule has 1 heterocycles. The molecule has 0 bridgehead atoms. The summed E-state index contributed by atoms with van der Waals surface area (Å²) in [6.45, 7) is 6.57. The van der Waals surface area contributed by atoms with Crippen molar-refractivity contribution in [3.63, 3.8) is 0 Å². The minimum atomic E-state index is -1.14. The van der Waals surface area contributed by atoms with Gasteiger partial charge in [-0.25, -0.2) is 4.79 Å². The number of hydrogen-bond donors (Lipinski definition) is 3. The first-order chi connectivity index (χ1) is 15.0. The average Bonchev–Trinajstić information content (AvgIpc) is 2.70. The maximum atomic E-state index is 13.7. The molecular formula is C24H35ClN2O5. The molecule has 178 valence electrons. The maximum absolute atomic E-state index is 13.7. The number of piperidine rings is 1. The van der Waals surface area contributed by atoms with Gasteiger partial charge in [-0.05, 0) is 51.3 Å². The smallest absolute Gasteiger partial charge is 0.407 e. The van der Waals surface area contributed by atoms with Gasteiger partial charge in [0.2, 0.25) is 5.91 Å². The molecule has 0 radical (unpaired) electrons. The van der Waals surface area contributed by atoms with Crippen molar-refractivity contribution in [1.29, 1.82) is 0 Å². The number of phenolic OH excluding ortho intramolecular Hbond substituents is 1. The summed E-state index contributed by atoms with van der Waals surface area (Å²) in [4.78, 5) is 27.5. The Morgan fingerprint density at radius 1 is 1.19 bits per heavy atom. The topological polar surface area (TPSA) is 99.1 Å². The van der Waals surface area contributed by atoms with E-state index in [-0.39, 0.29) is 28.3 Å². The summed E-state index contributed by atoms with van der Waals surface area (Å²) in [6, 6.07) is 4.72. The van der Waals surface area contributed by atoms with Crippen LogP contribution in [0.15, 0.2) is 18.2 Å². The number of halogens is 1. The zero-order chi connectivity index (χ0) is 23.5. The quantitative estimate of drug-likeness (QED) is 0.613. The van der Waals surface area contributed by atoms with E-state index < -0.39 is 17.6 Å². The molecule has 1 aromatic carbocycles. The zero-order valence-electron chi connectivity index (χ0n) is 19.2. The molecule has 0 aromatic heterocycles. The highest BCUT2D eigenvalue weighted by molar-refractivity contribution is 6.32. The van der Waals surface area contributed by atoms with Crippen LogP contribution in [-0.4, -0.2) is 57.4 Å². The largest absolute Gasteiger partial charge is 0.506 e. The van der Waals surface area contributed by atoms with Crippen LogP contribution in [0.2, 0.25) is 5.02 Å². The first kappa shape index (κ1) is 24.6. The Kier molecular flexibility index (Phi) is 7.61. The fourth-order valence-corrected chi connectivity index (χ4v) is 4.89. The minimum Gasteiger partial charge on any atom is -0.506 e. The molecule has 2 aliphatic rings. The summed E-state index contributed by atoms with van der Waals surface area (Å²) in [5, 5.41) is 24.3. The van der Waals surface area contributed by atoms with Crippen molar-refractivity contribution >= 4 is 23.6 Å². The first-order valence-corrected chi connectivity index (χ1v) is 11.8. The number of ether oxygens (including phenoxy) is 1. The number of alkyl carbamates (subject to hydrolysis) is 1. The molecule has 2 fully saturated rings. The van der Waals surface area contributed by atoms with Crippen molar-refractivity contribution in [3.05, 3.63) is 28.8 Å². The number of carbonyl (C=O) groups excluding carboxylic acids is 2. The number of benzene rings is 1. The van der Waals surface area contributed by atoms with Crippen molar-refractivity contribution in [2.45, 2.75) is 88.9 Å². The van der Waals surface area contributed by atoms with Gasteiger partial charge in [-0.15, -0.1) is 0 Å². The molecule has 1 atom stereocenters. The van der Waals surface area contributed by atoms with E-state index in [0.29, 0.717) is 44.3 Å². The van der Waals surface area contributed by atoms with Gasteiger partial charge in [0.25, 0.3) is 0 Å². The number of aromatic hydroxyl groups is 1. The number of nitrogens with one attached hydrogen (secondary N) is 1. The molecule has 2 amide bonds. The highest BCUT2D eigenvalue weighted by Crippen LogP contribution is 2.42. The summed E-state index contributed by atoms with van der Waals surface area (Å²) in [5.41, 5.74) is -0.901. The fourth-order valence-electron chi connectivity index (χ4n) is 4.70. The summed E-state index contributed by atoms with van der Waals surface area (Å²) in [5.74, 6) is -0.944. The van der Waals surface area contributed by atoms with Crippen LogP contribution in [0.4, 0.5) is 4.79 Å². The van der Waals surface area contributed by atoms with Crippen LogP contribution in [0.25, 0.3) is 0 Å². The number of phenols is 1. The third-order valence-electron chi connectivity index (χ3n) is 6.31. The predicted molar refractivity (Wildman–Crippen MR) is 123 cm³/mol. The van der Waals surface area contributed by atoms with E-state index in [1.54, 1.807) is 17.0 Å². The van der Waals surface area contributed by atoms with Crippen molar-refractivity contribution in [2.75, 3.05) is 13.1 Å². The maximum Gasteiger partial charge on any atom is 0.407 e. The van der Waals surface area contributed by atoms with E-state index >= 15 is 0 Å². The zero-order valence-corrected chi connectivity index (χ0v) is 20.0. The van der Waals surface area contributed by atoms with Crippen LogP contribution < -0.4 is 5.32 Å². The van der Waals surface area contributed by atoms with Gasteiger partial charge in [0, 0.05) is 31.5 Å². The molecule has 1 aliphatic heterocycles. The molecule has 1 aromatic rings. The summed E-state index contributed by atoms with van der Waals surface area (Å²) >= 11 is 6.14. The summed E-state index contributed by atoms with van der Waals surface area (Å²) in [7, 11) is 0. The normalized spacial score (nSPS) is 20.5. The molecule has 1 saturated carbocycles. The molecule has 1 saturated heterocycles. The molecule has 1 aliphatic carbocycles. The van der Waals surface area contributed by atoms with Gasteiger partial charge in [-0.1, -0.05) is 36.9 Å². The van der Waals surface area contributed by atoms with E-state index in [1.807, 2.05) is 20.8 Å². The monoisotopic (exact) mass is 466 g/mol. The lowest BCUT2D eigenvalue weighted by Crippen LogP contribution is -2.51. The van der Waals surface area contributed by atoms with Crippen molar-refractivity contribution in [3.8, 4) is 5.75 Å². The minimum absolute atomic E-state index is 0.0521. The second kappa shape index (κ2) is 9.87. The third kappa shape index (κ3) is 6.07. The predicted octanol–water partition coefficient (Wildman–Crippen LogP) is 4.34. The molecule has 0 spiro atoms. The van der Waals surface area contributed by atoms with E-state index in [4.69, 9.17) is 16.3 Å². The van der Waals surface area contributed by atoms with E-state index in [2.05, 4.69) is 5.32 Å². The van der Waals surface area contributed by atoms with Crippen LogP contribution >= 0.6 is 11.6 Å². The Morgan fingerprint density at radius 2 is 1.81 bits per heavy atom. The Morgan fingerprint density at radius 3 is 2.38 bits per heavy atom.